The molecule has 1 aromatic carbocycles. The molecule has 0 radical (unpaired) electrons. The smallest absolute Gasteiger partial charge is 0.266 e. The maximum Gasteiger partial charge on any atom is 0.266 e. The number of carbonyl (C=O) groups excluding carboxylic acids is 4. The zero-order valence-electron chi connectivity index (χ0n) is 13.3. The van der Waals surface area contributed by atoms with Crippen LogP contribution in [0.1, 0.15) is 53.3 Å². The maximum atomic E-state index is 12.7. The van der Waals surface area contributed by atoms with E-state index in [1.54, 1.807) is 18.2 Å². The molecule has 24 heavy (non-hydrogen) atoms. The second kappa shape index (κ2) is 6.43. The van der Waals surface area contributed by atoms with Crippen molar-refractivity contribution < 1.29 is 23.9 Å². The Hall–Kier alpha value is -2.70. The number of amides is 4. The predicted octanol–water partition coefficient (Wildman–Crippen LogP) is 1.27. The number of hydrogen-bond donors (Lipinski definition) is 1. The van der Waals surface area contributed by atoms with Crippen molar-refractivity contribution in [3.8, 4) is 5.75 Å². The fourth-order valence-electron chi connectivity index (χ4n) is 2.93. The van der Waals surface area contributed by atoms with Crippen LogP contribution in [-0.2, 0) is 9.59 Å². The molecule has 0 spiro atoms. The van der Waals surface area contributed by atoms with E-state index >= 15 is 0 Å². The first kappa shape index (κ1) is 16.2. The number of ether oxygens (including phenoxy) is 1. The van der Waals surface area contributed by atoms with E-state index in [4.69, 9.17) is 4.74 Å². The van der Waals surface area contributed by atoms with Crippen molar-refractivity contribution in [1.82, 2.24) is 10.2 Å². The molecule has 1 fully saturated rings. The number of carbonyl (C=O) groups is 4. The molecule has 7 nitrogen and oxygen atoms in total. The van der Waals surface area contributed by atoms with Crippen LogP contribution in [0.25, 0.3) is 0 Å². The lowest BCUT2D eigenvalue weighted by Crippen LogP contribution is -2.54. The molecular weight excluding hydrogens is 312 g/mol. The van der Waals surface area contributed by atoms with E-state index in [1.165, 1.54) is 0 Å². The van der Waals surface area contributed by atoms with Gasteiger partial charge in [-0.25, -0.2) is 0 Å². The highest BCUT2D eigenvalue weighted by atomic mass is 16.5. The normalized spacial score (nSPS) is 20.2. The number of fused-ring (bicyclic) bond motifs is 1. The average molecular weight is 330 g/mol. The largest absolute Gasteiger partial charge is 0.493 e. The van der Waals surface area contributed by atoms with Gasteiger partial charge < -0.3 is 4.74 Å². The molecule has 1 atom stereocenters. The Balaban J connectivity index is 1.89. The van der Waals surface area contributed by atoms with Crippen LogP contribution >= 0.6 is 0 Å². The molecule has 2 aliphatic rings. The van der Waals surface area contributed by atoms with Gasteiger partial charge in [-0.15, -0.1) is 0 Å². The zero-order chi connectivity index (χ0) is 17.3. The van der Waals surface area contributed by atoms with E-state index in [9.17, 15) is 19.2 Å². The van der Waals surface area contributed by atoms with Crippen molar-refractivity contribution in [3.63, 3.8) is 0 Å². The number of nitrogens with zero attached hydrogens (tertiary/aromatic N) is 1. The number of rotatable bonds is 5. The Labute approximate surface area is 139 Å². The fourth-order valence-corrected chi connectivity index (χ4v) is 2.93. The summed E-state index contributed by atoms with van der Waals surface area (Å²) in [6, 6.07) is 3.89. The summed E-state index contributed by atoms with van der Waals surface area (Å²) in [4.78, 5) is 49.6. The topological polar surface area (TPSA) is 92.8 Å². The highest BCUT2D eigenvalue weighted by molar-refractivity contribution is 6.24. The number of imide groups is 2. The first-order chi connectivity index (χ1) is 11.5. The molecule has 1 aromatic rings. The quantitative estimate of drug-likeness (QED) is 0.648. The molecule has 0 aliphatic carbocycles. The van der Waals surface area contributed by atoms with Gasteiger partial charge >= 0.3 is 0 Å². The summed E-state index contributed by atoms with van der Waals surface area (Å²) in [6.07, 6.45) is 2.03. The standard InChI is InChI=1S/C17H18N2O5/c1-2-3-9-24-12-6-4-5-10-14(12)17(23)19(16(10)22)11-7-8-13(20)18-15(11)21/h4-6,11H,2-3,7-9H2,1H3,(H,18,20,21). The van der Waals surface area contributed by atoms with Gasteiger partial charge in [-0.3, -0.25) is 29.4 Å². The second-order valence-corrected chi connectivity index (χ2v) is 5.83. The number of nitrogens with one attached hydrogen (secondary N) is 1. The monoisotopic (exact) mass is 330 g/mol. The van der Waals surface area contributed by atoms with Crippen molar-refractivity contribution in [2.75, 3.05) is 6.61 Å². The maximum absolute atomic E-state index is 12.7. The van der Waals surface area contributed by atoms with E-state index in [-0.39, 0.29) is 24.0 Å². The third kappa shape index (κ3) is 2.66. The van der Waals surface area contributed by atoms with Gasteiger partial charge in [0.2, 0.25) is 11.8 Å². The molecule has 1 saturated heterocycles. The SMILES string of the molecule is CCCCOc1cccc2c1C(=O)N(C1CCC(=O)NC1=O)C2=O. The van der Waals surface area contributed by atoms with E-state index in [1.807, 2.05) is 6.92 Å². The molecule has 1 N–H and O–H groups in total. The van der Waals surface area contributed by atoms with Crippen LogP contribution in [0, 0.1) is 0 Å². The third-order valence-electron chi connectivity index (χ3n) is 4.19. The third-order valence-corrected chi connectivity index (χ3v) is 4.19. The van der Waals surface area contributed by atoms with Crippen molar-refractivity contribution >= 4 is 23.6 Å². The van der Waals surface area contributed by atoms with Crippen LogP contribution in [0.4, 0.5) is 0 Å². The van der Waals surface area contributed by atoms with Crippen LogP contribution in [0.5, 0.6) is 5.75 Å². The van der Waals surface area contributed by atoms with Gasteiger partial charge in [0.25, 0.3) is 11.8 Å². The average Bonchev–Trinajstić information content (AvgIpc) is 2.81. The predicted molar refractivity (Wildman–Crippen MR) is 83.5 cm³/mol. The number of piperidine rings is 1. The molecule has 7 heteroatoms. The van der Waals surface area contributed by atoms with Crippen LogP contribution in [0.2, 0.25) is 0 Å². The highest BCUT2D eigenvalue weighted by Gasteiger charge is 2.45. The second-order valence-electron chi connectivity index (χ2n) is 5.83. The van der Waals surface area contributed by atoms with Crippen molar-refractivity contribution in [1.29, 1.82) is 0 Å². The Bertz CT molecular complexity index is 728. The van der Waals surface area contributed by atoms with Gasteiger partial charge in [-0.2, -0.15) is 0 Å². The lowest BCUT2D eigenvalue weighted by molar-refractivity contribution is -0.136. The van der Waals surface area contributed by atoms with Gasteiger partial charge in [-0.1, -0.05) is 19.4 Å². The molecular formula is C17H18N2O5. The van der Waals surface area contributed by atoms with Gasteiger partial charge in [0.1, 0.15) is 11.8 Å². The van der Waals surface area contributed by atoms with Gasteiger partial charge in [0.15, 0.2) is 0 Å². The molecule has 4 amide bonds. The summed E-state index contributed by atoms with van der Waals surface area (Å²) in [5.41, 5.74) is 0.432. The lowest BCUT2D eigenvalue weighted by atomic mass is 10.0. The van der Waals surface area contributed by atoms with Gasteiger partial charge in [0, 0.05) is 6.42 Å². The molecule has 2 aliphatic heterocycles. The Morgan fingerprint density at radius 2 is 2.00 bits per heavy atom. The molecule has 3 rings (SSSR count). The van der Waals surface area contributed by atoms with Crippen LogP contribution in [0.15, 0.2) is 18.2 Å². The number of hydrogen-bond acceptors (Lipinski definition) is 5. The minimum Gasteiger partial charge on any atom is -0.493 e. The first-order valence-corrected chi connectivity index (χ1v) is 8.02. The number of unbranched alkanes of at least 4 members (excludes halogenated alkanes) is 1. The summed E-state index contributed by atoms with van der Waals surface area (Å²) < 4.78 is 5.63. The van der Waals surface area contributed by atoms with Crippen LogP contribution < -0.4 is 10.1 Å². The zero-order valence-corrected chi connectivity index (χ0v) is 13.3. The Kier molecular flexibility index (Phi) is 4.33. The summed E-state index contributed by atoms with van der Waals surface area (Å²) in [5, 5.41) is 2.18. The summed E-state index contributed by atoms with van der Waals surface area (Å²) in [7, 11) is 0. The van der Waals surface area contributed by atoms with Gasteiger partial charge in [0.05, 0.1) is 17.7 Å². The lowest BCUT2D eigenvalue weighted by Gasteiger charge is -2.27. The minimum absolute atomic E-state index is 0.101. The van der Waals surface area contributed by atoms with Gasteiger partial charge in [-0.05, 0) is 25.0 Å². The molecule has 0 saturated carbocycles. The molecule has 1 unspecified atom stereocenters. The summed E-state index contributed by atoms with van der Waals surface area (Å²) >= 11 is 0. The fraction of sp³-hybridized carbons (Fsp3) is 0.412. The molecule has 2 heterocycles. The Morgan fingerprint density at radius 3 is 2.71 bits per heavy atom. The van der Waals surface area contributed by atoms with Crippen molar-refractivity contribution in [3.05, 3.63) is 29.3 Å². The summed E-state index contributed by atoms with van der Waals surface area (Å²) in [6.45, 7) is 2.48. The summed E-state index contributed by atoms with van der Waals surface area (Å²) in [5.74, 6) is -1.72. The highest BCUT2D eigenvalue weighted by Crippen LogP contribution is 2.33. The first-order valence-electron chi connectivity index (χ1n) is 8.02. The number of benzene rings is 1. The van der Waals surface area contributed by atoms with E-state index < -0.39 is 29.7 Å². The van der Waals surface area contributed by atoms with Crippen LogP contribution in [0.3, 0.4) is 0 Å². The Morgan fingerprint density at radius 1 is 1.21 bits per heavy atom. The minimum atomic E-state index is -0.960. The van der Waals surface area contributed by atoms with Crippen molar-refractivity contribution in [2.45, 2.75) is 38.6 Å². The van der Waals surface area contributed by atoms with Crippen molar-refractivity contribution in [2.24, 2.45) is 0 Å². The van der Waals surface area contributed by atoms with E-state index in [2.05, 4.69) is 5.32 Å². The molecule has 0 bridgehead atoms. The molecule has 0 aromatic heterocycles. The molecule has 126 valence electrons. The van der Waals surface area contributed by atoms with E-state index in [0.717, 1.165) is 17.7 Å². The van der Waals surface area contributed by atoms with Crippen LogP contribution in [-0.4, -0.2) is 41.2 Å². The van der Waals surface area contributed by atoms with E-state index in [0.29, 0.717) is 12.4 Å².